The van der Waals surface area contributed by atoms with Crippen LogP contribution in [0.25, 0.3) is 0 Å². The van der Waals surface area contributed by atoms with Crippen LogP contribution in [-0.2, 0) is 11.2 Å². The second-order valence-corrected chi connectivity index (χ2v) is 6.50. The molecule has 1 aromatic carbocycles. The zero-order valence-electron chi connectivity index (χ0n) is 12.4. The van der Waals surface area contributed by atoms with Gasteiger partial charge >= 0.3 is 0 Å². The quantitative estimate of drug-likeness (QED) is 0.847. The summed E-state index contributed by atoms with van der Waals surface area (Å²) in [5, 5.41) is 12.8. The van der Waals surface area contributed by atoms with Crippen molar-refractivity contribution in [3.8, 4) is 0 Å². The summed E-state index contributed by atoms with van der Waals surface area (Å²) in [6, 6.07) is 7.54. The van der Waals surface area contributed by atoms with Crippen LogP contribution in [0.3, 0.4) is 0 Å². The Bertz CT molecular complexity index is 440. The van der Waals surface area contributed by atoms with Crippen LogP contribution in [0.15, 0.2) is 24.3 Å². The van der Waals surface area contributed by atoms with Gasteiger partial charge in [-0.15, -0.1) is 0 Å². The summed E-state index contributed by atoms with van der Waals surface area (Å²) in [6.07, 6.45) is 1.60. The van der Waals surface area contributed by atoms with Crippen molar-refractivity contribution in [3.05, 3.63) is 34.9 Å². The van der Waals surface area contributed by atoms with E-state index in [4.69, 9.17) is 16.7 Å². The van der Waals surface area contributed by atoms with Gasteiger partial charge in [-0.05, 0) is 29.9 Å². The first kappa shape index (κ1) is 17.0. The standard InChI is InChI=1S/C16H24ClNO2/c1-16(2,3)14(10-11-19)18-15(20)9-8-12-6-4-5-7-13(12)17/h4-7,14,19H,8-11H2,1-3H3,(H,18,20). The fourth-order valence-electron chi connectivity index (χ4n) is 2.07. The molecule has 0 aliphatic carbocycles. The van der Waals surface area contributed by atoms with E-state index in [1.807, 2.05) is 24.3 Å². The van der Waals surface area contributed by atoms with Gasteiger partial charge < -0.3 is 10.4 Å². The molecule has 1 amide bonds. The van der Waals surface area contributed by atoms with Crippen LogP contribution in [-0.4, -0.2) is 23.7 Å². The summed E-state index contributed by atoms with van der Waals surface area (Å²) in [5.74, 6) is -0.00158. The third kappa shape index (κ3) is 5.51. The van der Waals surface area contributed by atoms with Gasteiger partial charge in [0.25, 0.3) is 0 Å². The number of halogens is 1. The molecule has 0 fully saturated rings. The molecule has 0 saturated heterocycles. The molecule has 112 valence electrons. The molecule has 20 heavy (non-hydrogen) atoms. The van der Waals surface area contributed by atoms with Gasteiger partial charge in [-0.2, -0.15) is 0 Å². The van der Waals surface area contributed by atoms with E-state index in [1.165, 1.54) is 0 Å². The lowest BCUT2D eigenvalue weighted by molar-refractivity contribution is -0.122. The highest BCUT2D eigenvalue weighted by atomic mass is 35.5. The van der Waals surface area contributed by atoms with Crippen molar-refractivity contribution in [2.45, 2.75) is 46.1 Å². The fraction of sp³-hybridized carbons (Fsp3) is 0.562. The summed E-state index contributed by atoms with van der Waals surface area (Å²) in [4.78, 5) is 12.0. The Kier molecular flexibility index (Phi) is 6.50. The molecule has 0 heterocycles. The fourth-order valence-corrected chi connectivity index (χ4v) is 2.30. The Morgan fingerprint density at radius 1 is 1.35 bits per heavy atom. The van der Waals surface area contributed by atoms with Gasteiger partial charge in [0.1, 0.15) is 0 Å². The number of carbonyl (C=O) groups excluding carboxylic acids is 1. The average Bonchev–Trinajstić information content (AvgIpc) is 2.36. The van der Waals surface area contributed by atoms with Crippen molar-refractivity contribution in [1.82, 2.24) is 5.32 Å². The number of hydrogen-bond donors (Lipinski definition) is 2. The van der Waals surface area contributed by atoms with Crippen LogP contribution in [0.1, 0.15) is 39.2 Å². The third-order valence-corrected chi connectivity index (χ3v) is 3.75. The summed E-state index contributed by atoms with van der Waals surface area (Å²) in [6.45, 7) is 6.25. The molecule has 4 heteroatoms. The van der Waals surface area contributed by atoms with E-state index in [9.17, 15) is 4.79 Å². The lowest BCUT2D eigenvalue weighted by Gasteiger charge is -2.31. The number of carbonyl (C=O) groups is 1. The maximum absolute atomic E-state index is 12.0. The topological polar surface area (TPSA) is 49.3 Å². The molecular formula is C16H24ClNO2. The minimum atomic E-state index is -0.0667. The number of aliphatic hydroxyl groups excluding tert-OH is 1. The monoisotopic (exact) mass is 297 g/mol. The lowest BCUT2D eigenvalue weighted by atomic mass is 9.85. The first-order valence-corrected chi connectivity index (χ1v) is 7.36. The van der Waals surface area contributed by atoms with E-state index in [2.05, 4.69) is 26.1 Å². The van der Waals surface area contributed by atoms with Crippen molar-refractivity contribution in [1.29, 1.82) is 0 Å². The van der Waals surface area contributed by atoms with Crippen molar-refractivity contribution < 1.29 is 9.90 Å². The molecular weight excluding hydrogens is 274 g/mol. The Labute approximate surface area is 126 Å². The molecule has 0 bridgehead atoms. The minimum absolute atomic E-state index is 0.00158. The second kappa shape index (κ2) is 7.65. The van der Waals surface area contributed by atoms with Crippen molar-refractivity contribution >= 4 is 17.5 Å². The average molecular weight is 298 g/mol. The van der Waals surface area contributed by atoms with Crippen molar-refractivity contribution in [2.75, 3.05) is 6.61 Å². The first-order valence-electron chi connectivity index (χ1n) is 6.98. The Hall–Kier alpha value is -1.06. The number of aliphatic hydroxyl groups is 1. The molecule has 1 rings (SSSR count). The van der Waals surface area contributed by atoms with Crippen LogP contribution < -0.4 is 5.32 Å². The van der Waals surface area contributed by atoms with Crippen LogP contribution >= 0.6 is 11.6 Å². The molecule has 3 nitrogen and oxygen atoms in total. The van der Waals surface area contributed by atoms with E-state index >= 15 is 0 Å². The molecule has 0 aliphatic heterocycles. The highest BCUT2D eigenvalue weighted by Crippen LogP contribution is 2.22. The molecule has 1 aromatic rings. The number of benzene rings is 1. The molecule has 0 aromatic heterocycles. The van der Waals surface area contributed by atoms with Crippen molar-refractivity contribution in [3.63, 3.8) is 0 Å². The largest absolute Gasteiger partial charge is 0.396 e. The van der Waals surface area contributed by atoms with E-state index < -0.39 is 0 Å². The second-order valence-electron chi connectivity index (χ2n) is 6.09. The number of nitrogens with one attached hydrogen (secondary N) is 1. The third-order valence-electron chi connectivity index (χ3n) is 3.38. The van der Waals surface area contributed by atoms with Gasteiger partial charge in [0.15, 0.2) is 0 Å². The molecule has 1 unspecified atom stereocenters. The smallest absolute Gasteiger partial charge is 0.220 e. The van der Waals surface area contributed by atoms with Crippen molar-refractivity contribution in [2.24, 2.45) is 5.41 Å². The number of amides is 1. The zero-order chi connectivity index (χ0) is 15.2. The van der Waals surface area contributed by atoms with Gasteiger partial charge in [-0.3, -0.25) is 4.79 Å². The van der Waals surface area contributed by atoms with Gasteiger partial charge in [-0.1, -0.05) is 50.6 Å². The van der Waals surface area contributed by atoms with E-state index in [0.29, 0.717) is 24.3 Å². The summed E-state index contributed by atoms with van der Waals surface area (Å²) < 4.78 is 0. The molecule has 0 radical (unpaired) electrons. The van der Waals surface area contributed by atoms with Gasteiger partial charge in [0.2, 0.25) is 5.91 Å². The normalized spacial score (nSPS) is 13.1. The zero-order valence-corrected chi connectivity index (χ0v) is 13.2. The molecule has 0 saturated carbocycles. The van der Waals surface area contributed by atoms with Gasteiger partial charge in [-0.25, -0.2) is 0 Å². The summed E-state index contributed by atoms with van der Waals surface area (Å²) >= 11 is 6.07. The maximum atomic E-state index is 12.0. The molecule has 0 aliphatic rings. The predicted molar refractivity (Wildman–Crippen MR) is 82.9 cm³/mol. The van der Waals surface area contributed by atoms with E-state index in [-0.39, 0.29) is 24.0 Å². The van der Waals surface area contributed by atoms with Crippen LogP contribution in [0.2, 0.25) is 5.02 Å². The Morgan fingerprint density at radius 3 is 2.55 bits per heavy atom. The SMILES string of the molecule is CC(C)(C)C(CCO)NC(=O)CCc1ccccc1Cl. The Morgan fingerprint density at radius 2 is 2.00 bits per heavy atom. The highest BCUT2D eigenvalue weighted by Gasteiger charge is 2.25. The molecule has 1 atom stereocenters. The number of hydrogen-bond acceptors (Lipinski definition) is 2. The van der Waals surface area contributed by atoms with Crippen LogP contribution in [0, 0.1) is 5.41 Å². The van der Waals surface area contributed by atoms with Crippen LogP contribution in [0.5, 0.6) is 0 Å². The lowest BCUT2D eigenvalue weighted by Crippen LogP contribution is -2.44. The minimum Gasteiger partial charge on any atom is -0.396 e. The van der Waals surface area contributed by atoms with Crippen LogP contribution in [0.4, 0.5) is 0 Å². The first-order chi connectivity index (χ1) is 9.34. The number of aryl methyl sites for hydroxylation is 1. The Balaban J connectivity index is 2.52. The summed E-state index contributed by atoms with van der Waals surface area (Å²) in [5.41, 5.74) is 0.918. The maximum Gasteiger partial charge on any atom is 0.220 e. The van der Waals surface area contributed by atoms with Gasteiger partial charge in [0, 0.05) is 24.1 Å². The molecule has 2 N–H and O–H groups in total. The predicted octanol–water partition coefficient (Wildman–Crippen LogP) is 3.19. The molecule has 0 spiro atoms. The van der Waals surface area contributed by atoms with Gasteiger partial charge in [0.05, 0.1) is 0 Å². The number of rotatable bonds is 6. The summed E-state index contributed by atoms with van der Waals surface area (Å²) in [7, 11) is 0. The van der Waals surface area contributed by atoms with E-state index in [0.717, 1.165) is 5.56 Å². The highest BCUT2D eigenvalue weighted by molar-refractivity contribution is 6.31. The van der Waals surface area contributed by atoms with E-state index in [1.54, 1.807) is 0 Å².